The van der Waals surface area contributed by atoms with Gasteiger partial charge in [-0.25, -0.2) is 0 Å². The van der Waals surface area contributed by atoms with Gasteiger partial charge in [-0.15, -0.1) is 0 Å². The number of nitrogens with one attached hydrogen (secondary N) is 1. The molecule has 0 bridgehead atoms. The van der Waals surface area contributed by atoms with Crippen molar-refractivity contribution < 1.29 is 9.32 Å². The molecule has 1 aliphatic carbocycles. The van der Waals surface area contributed by atoms with E-state index in [1.54, 1.807) is 0 Å². The molecule has 5 nitrogen and oxygen atoms in total. The van der Waals surface area contributed by atoms with E-state index in [4.69, 9.17) is 4.52 Å². The van der Waals surface area contributed by atoms with Gasteiger partial charge in [-0.05, 0) is 18.1 Å². The molecule has 5 heteroatoms. The molecule has 1 unspecified atom stereocenters. The monoisotopic (exact) mass is 311 g/mol. The van der Waals surface area contributed by atoms with E-state index in [2.05, 4.69) is 15.5 Å². The summed E-state index contributed by atoms with van der Waals surface area (Å²) in [4.78, 5) is 16.7. The highest BCUT2D eigenvalue weighted by atomic mass is 16.5. The molecule has 3 rings (SSSR count). The predicted molar refractivity (Wildman–Crippen MR) is 87.4 cm³/mol. The molecule has 0 radical (unpaired) electrons. The van der Waals surface area contributed by atoms with E-state index < -0.39 is 0 Å². The first-order chi connectivity index (χ1) is 10.9. The van der Waals surface area contributed by atoms with Crippen molar-refractivity contribution in [1.82, 2.24) is 15.5 Å². The first kappa shape index (κ1) is 15.5. The predicted octanol–water partition coefficient (Wildman–Crippen LogP) is 3.09. The van der Waals surface area contributed by atoms with Gasteiger partial charge in [0.05, 0.1) is 12.5 Å². The second-order valence-corrected chi connectivity index (χ2v) is 6.88. The molecular formula is C18H21N3O2. The number of carbonyl (C=O) groups excluding carboxylic acids is 1. The second kappa shape index (κ2) is 5.65. The summed E-state index contributed by atoms with van der Waals surface area (Å²) < 4.78 is 5.19. The third-order valence-electron chi connectivity index (χ3n) is 3.96. The Morgan fingerprint density at radius 1 is 1.26 bits per heavy atom. The highest BCUT2D eigenvalue weighted by Gasteiger charge is 2.39. The van der Waals surface area contributed by atoms with Gasteiger partial charge in [-0.1, -0.05) is 61.8 Å². The van der Waals surface area contributed by atoms with Crippen LogP contribution in [0.25, 0.3) is 5.57 Å². The molecule has 1 N–H and O–H groups in total. The Morgan fingerprint density at radius 3 is 2.57 bits per heavy atom. The summed E-state index contributed by atoms with van der Waals surface area (Å²) in [6.07, 6.45) is 0. The second-order valence-electron chi connectivity index (χ2n) is 6.88. The van der Waals surface area contributed by atoms with Gasteiger partial charge in [-0.2, -0.15) is 4.98 Å². The van der Waals surface area contributed by atoms with Crippen LogP contribution < -0.4 is 5.32 Å². The number of benzene rings is 1. The fourth-order valence-electron chi connectivity index (χ4n) is 2.57. The molecule has 23 heavy (non-hydrogen) atoms. The molecular weight excluding hydrogens is 290 g/mol. The van der Waals surface area contributed by atoms with E-state index in [1.807, 2.05) is 58.0 Å². The van der Waals surface area contributed by atoms with Gasteiger partial charge in [0.2, 0.25) is 11.8 Å². The van der Waals surface area contributed by atoms with Gasteiger partial charge in [0.25, 0.3) is 0 Å². The lowest BCUT2D eigenvalue weighted by Gasteiger charge is -2.10. The van der Waals surface area contributed by atoms with Gasteiger partial charge in [-0.3, -0.25) is 4.79 Å². The number of amides is 1. The third kappa shape index (κ3) is 3.18. The van der Waals surface area contributed by atoms with Crippen LogP contribution in [0.1, 0.15) is 45.0 Å². The Hall–Kier alpha value is -2.43. The van der Waals surface area contributed by atoms with Crippen LogP contribution in [-0.2, 0) is 16.8 Å². The number of aromatic nitrogens is 2. The SMILES string of the molecule is CC1=C(c2ccccc2)C1C(=O)NCc1nc(C(C)(C)C)no1. The molecule has 0 spiro atoms. The molecule has 0 aliphatic heterocycles. The largest absolute Gasteiger partial charge is 0.346 e. The van der Waals surface area contributed by atoms with E-state index in [0.717, 1.165) is 16.7 Å². The summed E-state index contributed by atoms with van der Waals surface area (Å²) in [6.45, 7) is 8.31. The van der Waals surface area contributed by atoms with Crippen molar-refractivity contribution >= 4 is 11.5 Å². The van der Waals surface area contributed by atoms with Crippen LogP contribution in [-0.4, -0.2) is 16.0 Å². The molecule has 2 aromatic rings. The normalized spacial score (nSPS) is 17.3. The molecule has 1 heterocycles. The number of hydrogen-bond donors (Lipinski definition) is 1. The van der Waals surface area contributed by atoms with Crippen LogP contribution in [0.15, 0.2) is 40.4 Å². The van der Waals surface area contributed by atoms with Crippen LogP contribution in [0.5, 0.6) is 0 Å². The average molecular weight is 311 g/mol. The fourth-order valence-corrected chi connectivity index (χ4v) is 2.57. The molecule has 1 aromatic carbocycles. The Balaban J connectivity index is 1.58. The van der Waals surface area contributed by atoms with Gasteiger partial charge in [0.1, 0.15) is 0 Å². The lowest BCUT2D eigenvalue weighted by Crippen LogP contribution is -2.26. The number of rotatable bonds is 4. The van der Waals surface area contributed by atoms with E-state index in [9.17, 15) is 4.79 Å². The van der Waals surface area contributed by atoms with Crippen molar-refractivity contribution in [2.45, 2.75) is 39.7 Å². The zero-order valence-corrected chi connectivity index (χ0v) is 13.9. The topological polar surface area (TPSA) is 68.0 Å². The Labute approximate surface area is 135 Å². The molecule has 0 saturated carbocycles. The standard InChI is InChI=1S/C18H21N3O2/c1-11-14(12-8-6-5-7-9-12)15(11)16(22)19-10-13-20-17(21-23-13)18(2,3)4/h5-9,15H,10H2,1-4H3,(H,19,22). The minimum Gasteiger partial charge on any atom is -0.346 e. The molecule has 0 fully saturated rings. The van der Waals surface area contributed by atoms with Gasteiger partial charge in [0, 0.05) is 5.41 Å². The molecule has 1 aromatic heterocycles. The zero-order chi connectivity index (χ0) is 16.6. The minimum absolute atomic E-state index is 0.0168. The lowest BCUT2D eigenvalue weighted by atomic mass is 9.96. The van der Waals surface area contributed by atoms with Crippen LogP contribution in [0.4, 0.5) is 0 Å². The summed E-state index contributed by atoms with van der Waals surface area (Å²) in [5.41, 5.74) is 3.18. The van der Waals surface area contributed by atoms with Gasteiger partial charge >= 0.3 is 0 Å². The van der Waals surface area contributed by atoms with E-state index in [-0.39, 0.29) is 23.8 Å². The van der Waals surface area contributed by atoms with Crippen molar-refractivity contribution in [3.63, 3.8) is 0 Å². The van der Waals surface area contributed by atoms with Crippen molar-refractivity contribution in [3.8, 4) is 0 Å². The van der Waals surface area contributed by atoms with Crippen molar-refractivity contribution in [1.29, 1.82) is 0 Å². The van der Waals surface area contributed by atoms with Gasteiger partial charge in [0.15, 0.2) is 5.82 Å². The van der Waals surface area contributed by atoms with E-state index in [0.29, 0.717) is 11.7 Å². The summed E-state index contributed by atoms with van der Waals surface area (Å²) in [5, 5.41) is 6.83. The number of carbonyl (C=O) groups is 1. The summed E-state index contributed by atoms with van der Waals surface area (Å²) in [5.74, 6) is 0.926. The van der Waals surface area contributed by atoms with Crippen LogP contribution >= 0.6 is 0 Å². The van der Waals surface area contributed by atoms with Crippen molar-refractivity contribution in [2.24, 2.45) is 5.92 Å². The average Bonchev–Trinajstić information content (AvgIpc) is 2.96. The first-order valence-corrected chi connectivity index (χ1v) is 7.75. The molecule has 1 aliphatic rings. The lowest BCUT2D eigenvalue weighted by molar-refractivity contribution is -0.121. The highest BCUT2D eigenvalue weighted by Crippen LogP contribution is 2.46. The van der Waals surface area contributed by atoms with E-state index >= 15 is 0 Å². The Kier molecular flexibility index (Phi) is 3.80. The van der Waals surface area contributed by atoms with Crippen LogP contribution in [0, 0.1) is 5.92 Å². The molecule has 120 valence electrons. The minimum atomic E-state index is -0.166. The van der Waals surface area contributed by atoms with Crippen LogP contribution in [0.2, 0.25) is 0 Å². The van der Waals surface area contributed by atoms with Crippen molar-refractivity contribution in [2.75, 3.05) is 0 Å². The molecule has 0 saturated heterocycles. The zero-order valence-electron chi connectivity index (χ0n) is 13.9. The Bertz CT molecular complexity index is 754. The van der Waals surface area contributed by atoms with Crippen LogP contribution in [0.3, 0.4) is 0 Å². The van der Waals surface area contributed by atoms with Gasteiger partial charge < -0.3 is 9.84 Å². The quantitative estimate of drug-likeness (QED) is 0.942. The fraction of sp³-hybridized carbons (Fsp3) is 0.389. The number of nitrogens with zero attached hydrogens (tertiary/aromatic N) is 2. The molecule has 1 atom stereocenters. The Morgan fingerprint density at radius 2 is 1.96 bits per heavy atom. The maximum Gasteiger partial charge on any atom is 0.246 e. The molecule has 1 amide bonds. The maximum atomic E-state index is 12.3. The van der Waals surface area contributed by atoms with Crippen molar-refractivity contribution in [3.05, 3.63) is 53.2 Å². The highest BCUT2D eigenvalue weighted by molar-refractivity contribution is 6.05. The smallest absolute Gasteiger partial charge is 0.246 e. The summed E-state index contributed by atoms with van der Waals surface area (Å²) >= 11 is 0. The number of hydrogen-bond acceptors (Lipinski definition) is 4. The maximum absolute atomic E-state index is 12.3. The third-order valence-corrected chi connectivity index (χ3v) is 3.96. The summed E-state index contributed by atoms with van der Waals surface area (Å²) in [7, 11) is 0. The van der Waals surface area contributed by atoms with E-state index in [1.165, 1.54) is 0 Å². The summed E-state index contributed by atoms with van der Waals surface area (Å²) in [6, 6.07) is 9.99. The first-order valence-electron chi connectivity index (χ1n) is 7.75.